The van der Waals surface area contributed by atoms with Gasteiger partial charge >= 0.3 is 0 Å². The third-order valence-corrected chi connectivity index (χ3v) is 6.60. The zero-order valence-corrected chi connectivity index (χ0v) is 15.5. The summed E-state index contributed by atoms with van der Waals surface area (Å²) in [5.41, 5.74) is 1.42. The highest BCUT2D eigenvalue weighted by Gasteiger charge is 2.27. The first-order valence-electron chi connectivity index (χ1n) is 9.17. The summed E-state index contributed by atoms with van der Waals surface area (Å²) in [6.45, 7) is 5.32. The first-order valence-corrected chi connectivity index (χ1v) is 9.99. The molecule has 2 aromatic rings. The molecule has 25 heavy (non-hydrogen) atoms. The summed E-state index contributed by atoms with van der Waals surface area (Å²) in [4.78, 5) is 28.0. The summed E-state index contributed by atoms with van der Waals surface area (Å²) in [6.07, 6.45) is 8.33. The Kier molecular flexibility index (Phi) is 4.70. The Bertz CT molecular complexity index is 737. The van der Waals surface area contributed by atoms with Gasteiger partial charge in [0.15, 0.2) is 0 Å². The van der Waals surface area contributed by atoms with Crippen LogP contribution in [0.25, 0.3) is 0 Å². The van der Waals surface area contributed by atoms with Crippen molar-refractivity contribution in [3.63, 3.8) is 0 Å². The van der Waals surface area contributed by atoms with Crippen molar-refractivity contribution in [3.05, 3.63) is 39.8 Å². The number of aryl methyl sites for hydroxylation is 1. The Labute approximate surface area is 152 Å². The van der Waals surface area contributed by atoms with E-state index >= 15 is 0 Å². The number of hydrogen-bond donors (Lipinski definition) is 0. The number of fused-ring (bicyclic) bond motifs is 1. The second kappa shape index (κ2) is 7.12. The summed E-state index contributed by atoms with van der Waals surface area (Å²) < 4.78 is 0. The van der Waals surface area contributed by atoms with E-state index in [-0.39, 0.29) is 5.91 Å². The highest BCUT2D eigenvalue weighted by Crippen LogP contribution is 2.34. The van der Waals surface area contributed by atoms with Crippen LogP contribution in [-0.4, -0.2) is 47.0 Å². The van der Waals surface area contributed by atoms with Gasteiger partial charge in [0.2, 0.25) is 5.95 Å². The fourth-order valence-electron chi connectivity index (χ4n) is 3.77. The van der Waals surface area contributed by atoms with Crippen molar-refractivity contribution in [2.24, 2.45) is 5.92 Å². The second-order valence-corrected chi connectivity index (χ2v) is 8.04. The van der Waals surface area contributed by atoms with E-state index in [1.165, 1.54) is 23.3 Å². The Morgan fingerprint density at radius 2 is 2.00 bits per heavy atom. The van der Waals surface area contributed by atoms with Crippen molar-refractivity contribution in [2.75, 3.05) is 31.1 Å². The zero-order chi connectivity index (χ0) is 17.2. The van der Waals surface area contributed by atoms with Crippen molar-refractivity contribution < 1.29 is 4.79 Å². The molecule has 3 heterocycles. The molecule has 1 amide bonds. The fourth-order valence-corrected chi connectivity index (χ4v) is 4.95. The van der Waals surface area contributed by atoms with Crippen molar-refractivity contribution >= 4 is 23.2 Å². The topological polar surface area (TPSA) is 49.3 Å². The molecule has 2 aromatic heterocycles. The molecule has 1 saturated heterocycles. The largest absolute Gasteiger partial charge is 0.337 e. The fraction of sp³-hybridized carbons (Fsp3) is 0.526. The number of aromatic nitrogens is 2. The molecule has 1 aliphatic heterocycles. The van der Waals surface area contributed by atoms with E-state index in [9.17, 15) is 4.79 Å². The predicted octanol–water partition coefficient (Wildman–Crippen LogP) is 3.02. The Morgan fingerprint density at radius 3 is 2.72 bits per heavy atom. The maximum absolute atomic E-state index is 12.9. The van der Waals surface area contributed by atoms with Crippen LogP contribution in [0.2, 0.25) is 0 Å². The van der Waals surface area contributed by atoms with E-state index in [1.54, 1.807) is 23.7 Å². The van der Waals surface area contributed by atoms with E-state index in [0.717, 1.165) is 55.8 Å². The highest BCUT2D eigenvalue weighted by molar-refractivity contribution is 7.14. The van der Waals surface area contributed by atoms with Gasteiger partial charge in [-0.3, -0.25) is 4.79 Å². The van der Waals surface area contributed by atoms with Gasteiger partial charge in [-0.1, -0.05) is 13.3 Å². The average molecular weight is 356 g/mol. The van der Waals surface area contributed by atoms with Crippen molar-refractivity contribution in [2.45, 2.75) is 32.6 Å². The summed E-state index contributed by atoms with van der Waals surface area (Å²) in [5.74, 6) is 1.74. The van der Waals surface area contributed by atoms with Crippen LogP contribution in [0.3, 0.4) is 0 Å². The Hall–Kier alpha value is -1.95. The number of amides is 1. The van der Waals surface area contributed by atoms with E-state index in [0.29, 0.717) is 0 Å². The molecule has 132 valence electrons. The lowest BCUT2D eigenvalue weighted by Gasteiger charge is -2.34. The molecule has 1 fully saturated rings. The molecule has 0 spiro atoms. The minimum Gasteiger partial charge on any atom is -0.337 e. The van der Waals surface area contributed by atoms with Gasteiger partial charge in [0.25, 0.3) is 5.91 Å². The molecule has 4 rings (SSSR count). The van der Waals surface area contributed by atoms with Gasteiger partial charge in [0, 0.05) is 43.4 Å². The van der Waals surface area contributed by atoms with Crippen LogP contribution in [0.4, 0.5) is 5.95 Å². The van der Waals surface area contributed by atoms with Crippen LogP contribution in [-0.2, 0) is 12.8 Å². The molecule has 1 unspecified atom stereocenters. The zero-order valence-electron chi connectivity index (χ0n) is 14.6. The van der Waals surface area contributed by atoms with Crippen molar-refractivity contribution in [3.8, 4) is 0 Å². The number of piperazine rings is 1. The minimum absolute atomic E-state index is 0.195. The lowest BCUT2D eigenvalue weighted by atomic mass is 9.87. The molecule has 5 nitrogen and oxygen atoms in total. The molecule has 0 N–H and O–H groups in total. The molecule has 6 heteroatoms. The lowest BCUT2D eigenvalue weighted by molar-refractivity contribution is 0.0751. The van der Waals surface area contributed by atoms with Gasteiger partial charge in [-0.25, -0.2) is 9.97 Å². The molecule has 2 aliphatic rings. The summed E-state index contributed by atoms with van der Waals surface area (Å²) in [6, 6.07) is 3.99. The van der Waals surface area contributed by atoms with Gasteiger partial charge in [-0.15, -0.1) is 11.3 Å². The molecule has 0 bridgehead atoms. The molecule has 0 aromatic carbocycles. The monoisotopic (exact) mass is 356 g/mol. The molecule has 1 atom stereocenters. The number of nitrogens with zero attached hydrogens (tertiary/aromatic N) is 4. The number of thiophene rings is 1. The minimum atomic E-state index is 0.195. The summed E-state index contributed by atoms with van der Waals surface area (Å²) >= 11 is 1.72. The van der Waals surface area contributed by atoms with Gasteiger partial charge in [0.05, 0.1) is 4.88 Å². The Balaban J connectivity index is 1.40. The van der Waals surface area contributed by atoms with Crippen molar-refractivity contribution in [1.82, 2.24) is 14.9 Å². The molecular weight excluding hydrogens is 332 g/mol. The summed E-state index contributed by atoms with van der Waals surface area (Å²) in [5, 5.41) is 0. The van der Waals surface area contributed by atoms with E-state index < -0.39 is 0 Å². The van der Waals surface area contributed by atoms with Gasteiger partial charge < -0.3 is 9.80 Å². The van der Waals surface area contributed by atoms with Crippen LogP contribution in [0.1, 0.15) is 39.9 Å². The molecule has 0 radical (unpaired) electrons. The number of rotatable bonds is 3. The molecule has 0 saturated carbocycles. The predicted molar refractivity (Wildman–Crippen MR) is 100 cm³/mol. The second-order valence-electron chi connectivity index (χ2n) is 6.90. The SMILES string of the molecule is CCC1CCc2sc(C(=O)N3CCN(c4ncccn4)CC3)cc2C1. The molecular formula is C19H24N4OS. The van der Waals surface area contributed by atoms with Crippen molar-refractivity contribution in [1.29, 1.82) is 0 Å². The smallest absolute Gasteiger partial charge is 0.264 e. The third kappa shape index (κ3) is 3.40. The van der Waals surface area contributed by atoms with Crippen LogP contribution >= 0.6 is 11.3 Å². The first kappa shape index (κ1) is 16.5. The number of hydrogen-bond acceptors (Lipinski definition) is 5. The highest BCUT2D eigenvalue weighted by atomic mass is 32.1. The van der Waals surface area contributed by atoms with Gasteiger partial charge in [0.1, 0.15) is 0 Å². The number of carbonyl (C=O) groups excluding carboxylic acids is 1. The quantitative estimate of drug-likeness (QED) is 0.848. The molecule has 1 aliphatic carbocycles. The normalized spacial score (nSPS) is 20.4. The van der Waals surface area contributed by atoms with Gasteiger partial charge in [-0.05, 0) is 42.9 Å². The van der Waals surface area contributed by atoms with Gasteiger partial charge in [-0.2, -0.15) is 0 Å². The Morgan fingerprint density at radius 1 is 1.24 bits per heavy atom. The first-order chi connectivity index (χ1) is 12.2. The summed E-state index contributed by atoms with van der Waals surface area (Å²) in [7, 11) is 0. The van der Waals surface area contributed by atoms with E-state index in [1.807, 2.05) is 11.0 Å². The van der Waals surface area contributed by atoms with Crippen LogP contribution < -0.4 is 4.90 Å². The number of carbonyl (C=O) groups is 1. The third-order valence-electron chi connectivity index (χ3n) is 5.37. The van der Waals surface area contributed by atoms with E-state index in [4.69, 9.17) is 0 Å². The maximum atomic E-state index is 12.9. The standard InChI is InChI=1S/C19H24N4OS/c1-2-14-4-5-16-15(12-14)13-17(25-16)18(24)22-8-10-23(11-9-22)19-20-6-3-7-21-19/h3,6-7,13-14H,2,4-5,8-12H2,1H3. The lowest BCUT2D eigenvalue weighted by Crippen LogP contribution is -2.49. The van der Waals surface area contributed by atoms with Crippen LogP contribution in [0.5, 0.6) is 0 Å². The maximum Gasteiger partial charge on any atom is 0.264 e. The number of anilines is 1. The van der Waals surface area contributed by atoms with Crippen LogP contribution in [0, 0.1) is 5.92 Å². The average Bonchev–Trinajstić information content (AvgIpc) is 3.11. The van der Waals surface area contributed by atoms with Crippen LogP contribution in [0.15, 0.2) is 24.5 Å². The van der Waals surface area contributed by atoms with E-state index in [2.05, 4.69) is 27.9 Å².